The quantitative estimate of drug-likeness (QED) is 0.879. The van der Waals surface area contributed by atoms with Gasteiger partial charge in [0.15, 0.2) is 6.10 Å². The number of hydrogen-bond acceptors (Lipinski definition) is 2. The number of carbonyl (C=O) groups excluding carboxylic acids is 1. The molecule has 1 aliphatic carbocycles. The van der Waals surface area contributed by atoms with Crippen molar-refractivity contribution in [3.8, 4) is 5.75 Å². The van der Waals surface area contributed by atoms with Gasteiger partial charge in [0.1, 0.15) is 5.75 Å². The standard InChI is InChI=1S/C19H29NO2/c1-13(2)17-11-10-14(3)12-18(17)22-15(4)19(21)20-16-8-6-5-7-9-16/h10-13,15-16H,5-9H2,1-4H3,(H,20,21). The molecule has 3 nitrogen and oxygen atoms in total. The Morgan fingerprint density at radius 1 is 1.18 bits per heavy atom. The maximum absolute atomic E-state index is 12.3. The molecule has 2 rings (SSSR count). The molecule has 22 heavy (non-hydrogen) atoms. The molecule has 1 aromatic carbocycles. The summed E-state index contributed by atoms with van der Waals surface area (Å²) in [6.07, 6.45) is 5.46. The van der Waals surface area contributed by atoms with Gasteiger partial charge < -0.3 is 10.1 Å². The summed E-state index contributed by atoms with van der Waals surface area (Å²) in [6, 6.07) is 6.55. The number of nitrogens with one attached hydrogen (secondary N) is 1. The number of aryl methyl sites for hydroxylation is 1. The van der Waals surface area contributed by atoms with E-state index in [0.717, 1.165) is 29.7 Å². The normalized spacial score (nSPS) is 17.3. The number of benzene rings is 1. The number of ether oxygens (including phenoxy) is 1. The third-order valence-corrected chi connectivity index (χ3v) is 4.42. The Kier molecular flexibility index (Phi) is 5.87. The molecule has 1 N–H and O–H groups in total. The van der Waals surface area contributed by atoms with Crippen LogP contribution in [0.15, 0.2) is 18.2 Å². The Bertz CT molecular complexity index is 504. The summed E-state index contributed by atoms with van der Waals surface area (Å²) < 4.78 is 5.98. The molecule has 122 valence electrons. The first kappa shape index (κ1) is 16.9. The van der Waals surface area contributed by atoms with E-state index in [1.54, 1.807) is 0 Å². The third kappa shape index (κ3) is 4.49. The van der Waals surface area contributed by atoms with Crippen molar-refractivity contribution in [2.45, 2.75) is 77.9 Å². The van der Waals surface area contributed by atoms with Gasteiger partial charge in [-0.3, -0.25) is 4.79 Å². The van der Waals surface area contributed by atoms with Gasteiger partial charge >= 0.3 is 0 Å². The molecule has 0 heterocycles. The van der Waals surface area contributed by atoms with Crippen molar-refractivity contribution in [1.82, 2.24) is 5.32 Å². The molecule has 1 atom stereocenters. The molecule has 1 amide bonds. The monoisotopic (exact) mass is 303 g/mol. The average Bonchev–Trinajstić information content (AvgIpc) is 2.48. The molecule has 0 spiro atoms. The maximum atomic E-state index is 12.3. The summed E-state index contributed by atoms with van der Waals surface area (Å²) in [5, 5.41) is 3.14. The maximum Gasteiger partial charge on any atom is 0.260 e. The van der Waals surface area contributed by atoms with Crippen LogP contribution < -0.4 is 10.1 Å². The predicted molar refractivity (Wildman–Crippen MR) is 90.4 cm³/mol. The van der Waals surface area contributed by atoms with Crippen molar-refractivity contribution in [2.24, 2.45) is 0 Å². The van der Waals surface area contributed by atoms with Crippen LogP contribution in [0.5, 0.6) is 5.75 Å². The number of hydrogen-bond donors (Lipinski definition) is 1. The first-order valence-corrected chi connectivity index (χ1v) is 8.55. The van der Waals surface area contributed by atoms with Crippen LogP contribution in [-0.2, 0) is 4.79 Å². The summed E-state index contributed by atoms with van der Waals surface area (Å²) in [5.41, 5.74) is 2.31. The molecule has 1 unspecified atom stereocenters. The number of rotatable bonds is 5. The largest absolute Gasteiger partial charge is 0.481 e. The fraction of sp³-hybridized carbons (Fsp3) is 0.632. The fourth-order valence-corrected chi connectivity index (χ4v) is 3.03. The van der Waals surface area contributed by atoms with E-state index in [1.165, 1.54) is 19.3 Å². The van der Waals surface area contributed by atoms with Crippen LogP contribution in [0.25, 0.3) is 0 Å². The van der Waals surface area contributed by atoms with Gasteiger partial charge in [-0.05, 0) is 49.8 Å². The minimum Gasteiger partial charge on any atom is -0.481 e. The van der Waals surface area contributed by atoms with Crippen LogP contribution >= 0.6 is 0 Å². The van der Waals surface area contributed by atoms with E-state index < -0.39 is 6.10 Å². The van der Waals surface area contributed by atoms with E-state index >= 15 is 0 Å². The van der Waals surface area contributed by atoms with Gasteiger partial charge in [-0.15, -0.1) is 0 Å². The lowest BCUT2D eigenvalue weighted by atomic mass is 9.95. The van der Waals surface area contributed by atoms with E-state index in [0.29, 0.717) is 12.0 Å². The van der Waals surface area contributed by atoms with Crippen molar-refractivity contribution >= 4 is 5.91 Å². The van der Waals surface area contributed by atoms with Crippen molar-refractivity contribution in [3.05, 3.63) is 29.3 Å². The molecule has 0 radical (unpaired) electrons. The van der Waals surface area contributed by atoms with Crippen molar-refractivity contribution in [1.29, 1.82) is 0 Å². The highest BCUT2D eigenvalue weighted by atomic mass is 16.5. The second kappa shape index (κ2) is 7.66. The Morgan fingerprint density at radius 3 is 2.50 bits per heavy atom. The lowest BCUT2D eigenvalue weighted by Crippen LogP contribution is -2.43. The number of carbonyl (C=O) groups is 1. The molecule has 1 aliphatic rings. The molecular weight excluding hydrogens is 274 g/mol. The highest BCUT2D eigenvalue weighted by Gasteiger charge is 2.21. The van der Waals surface area contributed by atoms with E-state index in [2.05, 4.69) is 31.3 Å². The Balaban J connectivity index is 1.99. The lowest BCUT2D eigenvalue weighted by Gasteiger charge is -2.25. The van der Waals surface area contributed by atoms with E-state index in [4.69, 9.17) is 4.74 Å². The van der Waals surface area contributed by atoms with Crippen LogP contribution in [0.4, 0.5) is 0 Å². The van der Waals surface area contributed by atoms with Gasteiger partial charge in [0.2, 0.25) is 0 Å². The van der Waals surface area contributed by atoms with E-state index in [9.17, 15) is 4.79 Å². The molecule has 0 aliphatic heterocycles. The van der Waals surface area contributed by atoms with E-state index in [-0.39, 0.29) is 5.91 Å². The highest BCUT2D eigenvalue weighted by Crippen LogP contribution is 2.28. The molecule has 1 fully saturated rings. The first-order chi connectivity index (χ1) is 10.5. The molecule has 0 saturated heterocycles. The van der Waals surface area contributed by atoms with Gasteiger partial charge in [0.25, 0.3) is 5.91 Å². The zero-order valence-electron chi connectivity index (χ0n) is 14.3. The second-order valence-electron chi connectivity index (χ2n) is 6.80. The fourth-order valence-electron chi connectivity index (χ4n) is 3.03. The smallest absolute Gasteiger partial charge is 0.260 e. The van der Waals surface area contributed by atoms with Crippen LogP contribution in [0.2, 0.25) is 0 Å². The first-order valence-electron chi connectivity index (χ1n) is 8.55. The molecule has 3 heteroatoms. The highest BCUT2D eigenvalue weighted by molar-refractivity contribution is 5.81. The second-order valence-corrected chi connectivity index (χ2v) is 6.80. The summed E-state index contributed by atoms with van der Waals surface area (Å²) in [7, 11) is 0. The van der Waals surface area contributed by atoms with Crippen molar-refractivity contribution < 1.29 is 9.53 Å². The molecule has 1 aromatic rings. The van der Waals surface area contributed by atoms with Gasteiger partial charge in [0, 0.05) is 6.04 Å². The van der Waals surface area contributed by atoms with Crippen LogP contribution in [-0.4, -0.2) is 18.1 Å². The zero-order chi connectivity index (χ0) is 16.1. The summed E-state index contributed by atoms with van der Waals surface area (Å²) in [6.45, 7) is 8.17. The molecule has 1 saturated carbocycles. The molecular formula is C19H29NO2. The van der Waals surface area contributed by atoms with Gasteiger partial charge in [-0.1, -0.05) is 45.2 Å². The van der Waals surface area contributed by atoms with Crippen LogP contribution in [0, 0.1) is 6.92 Å². The zero-order valence-corrected chi connectivity index (χ0v) is 14.3. The Hall–Kier alpha value is -1.51. The van der Waals surface area contributed by atoms with Crippen LogP contribution in [0.3, 0.4) is 0 Å². The van der Waals surface area contributed by atoms with E-state index in [1.807, 2.05) is 19.9 Å². The van der Waals surface area contributed by atoms with Crippen molar-refractivity contribution in [2.75, 3.05) is 0 Å². The SMILES string of the molecule is Cc1ccc(C(C)C)c(OC(C)C(=O)NC2CCCCC2)c1. The summed E-state index contributed by atoms with van der Waals surface area (Å²) >= 11 is 0. The third-order valence-electron chi connectivity index (χ3n) is 4.42. The minimum absolute atomic E-state index is 0.00288. The van der Waals surface area contributed by atoms with Gasteiger partial charge in [-0.2, -0.15) is 0 Å². The Morgan fingerprint density at radius 2 is 1.86 bits per heavy atom. The Labute approximate surface area is 134 Å². The van der Waals surface area contributed by atoms with Gasteiger partial charge in [-0.25, -0.2) is 0 Å². The van der Waals surface area contributed by atoms with Crippen molar-refractivity contribution in [3.63, 3.8) is 0 Å². The minimum atomic E-state index is -0.457. The number of amides is 1. The van der Waals surface area contributed by atoms with Crippen LogP contribution in [0.1, 0.15) is 69.9 Å². The average molecular weight is 303 g/mol. The lowest BCUT2D eigenvalue weighted by molar-refractivity contribution is -0.128. The molecule has 0 bridgehead atoms. The summed E-state index contributed by atoms with van der Waals surface area (Å²) in [5.74, 6) is 1.22. The topological polar surface area (TPSA) is 38.3 Å². The summed E-state index contributed by atoms with van der Waals surface area (Å²) in [4.78, 5) is 12.3. The van der Waals surface area contributed by atoms with Gasteiger partial charge in [0.05, 0.1) is 0 Å². The molecule has 0 aromatic heterocycles. The predicted octanol–water partition coefficient (Wildman–Crippen LogP) is 4.33.